The van der Waals surface area contributed by atoms with Crippen molar-refractivity contribution in [3.63, 3.8) is 0 Å². The second-order valence-corrected chi connectivity index (χ2v) is 3.59. The molecule has 0 aromatic carbocycles. The first kappa shape index (κ1) is 17.4. The van der Waals surface area contributed by atoms with Gasteiger partial charge in [-0.25, -0.2) is 0 Å². The number of aliphatic hydroxyl groups is 1. The molecule has 0 aliphatic heterocycles. The molecular weight excluding hydrogens is 312 g/mol. The zero-order valence-electron chi connectivity index (χ0n) is 9.84. The third-order valence-electron chi connectivity index (χ3n) is 2.40. The molecule has 0 amide bonds. The van der Waals surface area contributed by atoms with E-state index in [1.807, 2.05) is 13.8 Å². The Labute approximate surface area is 121 Å². The van der Waals surface area contributed by atoms with E-state index in [0.29, 0.717) is 0 Å². The van der Waals surface area contributed by atoms with Crippen molar-refractivity contribution in [2.75, 3.05) is 6.54 Å². The molecule has 0 atom stereocenters. The predicted octanol–water partition coefficient (Wildman–Crippen LogP) is 2.80. The summed E-state index contributed by atoms with van der Waals surface area (Å²) in [5.74, 6) is 0. The second-order valence-electron chi connectivity index (χ2n) is 3.59. The molecule has 3 heteroatoms. The van der Waals surface area contributed by atoms with E-state index in [9.17, 15) is 5.11 Å². The van der Waals surface area contributed by atoms with Crippen LogP contribution in [0.3, 0.4) is 0 Å². The number of rotatable bonds is 6. The van der Waals surface area contributed by atoms with E-state index in [4.69, 9.17) is 0 Å². The minimum atomic E-state index is -0.639. The van der Waals surface area contributed by atoms with Crippen LogP contribution in [0.15, 0.2) is 4.99 Å². The van der Waals surface area contributed by atoms with Crippen LogP contribution in [0.1, 0.15) is 53.4 Å². The van der Waals surface area contributed by atoms with Crippen LogP contribution in [-0.2, 0) is 0 Å². The van der Waals surface area contributed by atoms with Gasteiger partial charge in [0.1, 0.15) is 5.60 Å². The van der Waals surface area contributed by atoms with Gasteiger partial charge in [0.2, 0.25) is 0 Å². The van der Waals surface area contributed by atoms with Crippen molar-refractivity contribution < 1.29 is 45.5 Å². The van der Waals surface area contributed by atoms with E-state index in [0.717, 1.165) is 37.9 Å². The minimum absolute atomic E-state index is 0. The maximum Gasteiger partial charge on any atom is 0.102 e. The largest absolute Gasteiger partial charge is 0.384 e. The van der Waals surface area contributed by atoms with Crippen LogP contribution < -0.4 is 0 Å². The Bertz CT molecular complexity index is 163. The fourth-order valence-corrected chi connectivity index (χ4v) is 1.70. The molecule has 0 fully saturated rings. The first-order valence-electron chi connectivity index (χ1n) is 5.34. The molecule has 0 spiro atoms. The van der Waals surface area contributed by atoms with Crippen molar-refractivity contribution >= 4 is 5.71 Å². The minimum Gasteiger partial charge on any atom is -0.384 e. The SMILES string of the molecule is CCCC(O)(CCC)C(C)=NCC.[Sm]. The Morgan fingerprint density at radius 2 is 1.57 bits per heavy atom. The molecule has 0 unspecified atom stereocenters. The van der Waals surface area contributed by atoms with Gasteiger partial charge in [0, 0.05) is 52.6 Å². The predicted molar refractivity (Wildman–Crippen MR) is 58.4 cm³/mol. The molecule has 0 aromatic rings. The molecule has 0 rings (SSSR count). The smallest absolute Gasteiger partial charge is 0.102 e. The van der Waals surface area contributed by atoms with E-state index in [-0.39, 0.29) is 40.4 Å². The third kappa shape index (κ3) is 5.75. The number of hydrogen-bond acceptors (Lipinski definition) is 2. The summed E-state index contributed by atoms with van der Waals surface area (Å²) in [5, 5.41) is 10.3. The zero-order valence-corrected chi connectivity index (χ0v) is 12.5. The van der Waals surface area contributed by atoms with Crippen LogP contribution in [0, 0.1) is 40.4 Å². The van der Waals surface area contributed by atoms with Gasteiger partial charge in [-0.2, -0.15) is 0 Å². The molecule has 0 saturated heterocycles. The van der Waals surface area contributed by atoms with E-state index in [2.05, 4.69) is 18.8 Å². The molecule has 14 heavy (non-hydrogen) atoms. The van der Waals surface area contributed by atoms with E-state index in [1.54, 1.807) is 0 Å². The van der Waals surface area contributed by atoms with Crippen molar-refractivity contribution in [1.82, 2.24) is 0 Å². The van der Waals surface area contributed by atoms with Gasteiger partial charge >= 0.3 is 0 Å². The Morgan fingerprint density at radius 3 is 1.86 bits per heavy atom. The van der Waals surface area contributed by atoms with Crippen molar-refractivity contribution in [3.8, 4) is 0 Å². The third-order valence-corrected chi connectivity index (χ3v) is 2.40. The fraction of sp³-hybridized carbons (Fsp3) is 0.909. The van der Waals surface area contributed by atoms with Gasteiger partial charge < -0.3 is 5.11 Å². The van der Waals surface area contributed by atoms with Crippen LogP contribution in [0.5, 0.6) is 0 Å². The Morgan fingerprint density at radius 1 is 1.14 bits per heavy atom. The van der Waals surface area contributed by atoms with E-state index >= 15 is 0 Å². The van der Waals surface area contributed by atoms with Gasteiger partial charge in [0.05, 0.1) is 0 Å². The number of aliphatic imine (C=N–C) groups is 1. The summed E-state index contributed by atoms with van der Waals surface area (Å²) < 4.78 is 0. The monoisotopic (exact) mass is 337 g/mol. The van der Waals surface area contributed by atoms with Crippen LogP contribution in [0.2, 0.25) is 0 Å². The van der Waals surface area contributed by atoms with Gasteiger partial charge in [-0.1, -0.05) is 26.7 Å². The van der Waals surface area contributed by atoms with Gasteiger partial charge in [-0.05, 0) is 26.7 Å². The van der Waals surface area contributed by atoms with Gasteiger partial charge in [0.25, 0.3) is 0 Å². The fourth-order valence-electron chi connectivity index (χ4n) is 1.70. The molecule has 0 heterocycles. The molecule has 2 nitrogen and oxygen atoms in total. The molecule has 0 bridgehead atoms. The quantitative estimate of drug-likeness (QED) is 0.744. The van der Waals surface area contributed by atoms with E-state index < -0.39 is 5.60 Å². The van der Waals surface area contributed by atoms with Crippen LogP contribution in [0.4, 0.5) is 0 Å². The summed E-state index contributed by atoms with van der Waals surface area (Å²) in [7, 11) is 0. The maximum absolute atomic E-state index is 10.3. The van der Waals surface area contributed by atoms with E-state index in [1.165, 1.54) is 0 Å². The molecule has 0 aliphatic carbocycles. The first-order valence-corrected chi connectivity index (χ1v) is 5.34. The zero-order chi connectivity index (χ0) is 10.3. The van der Waals surface area contributed by atoms with Crippen LogP contribution in [-0.4, -0.2) is 23.0 Å². The molecule has 0 aromatic heterocycles. The second kappa shape index (κ2) is 9.21. The Hall–Kier alpha value is 0.968. The average Bonchev–Trinajstić information content (AvgIpc) is 2.05. The van der Waals surface area contributed by atoms with Crippen molar-refractivity contribution in [2.24, 2.45) is 4.99 Å². The maximum atomic E-state index is 10.3. The standard InChI is InChI=1S/C11H23NO.Sm/c1-5-8-11(13,9-6-2)10(4)12-7-3;/h13H,5-9H2,1-4H3;. The normalized spacial score (nSPS) is 12.5. The molecule has 0 radical (unpaired) electrons. The van der Waals surface area contributed by atoms with Gasteiger partial charge in [-0.15, -0.1) is 0 Å². The van der Waals surface area contributed by atoms with Crippen molar-refractivity contribution in [2.45, 2.75) is 59.0 Å². The molecule has 1 N–H and O–H groups in total. The molecule has 0 aliphatic rings. The van der Waals surface area contributed by atoms with Crippen molar-refractivity contribution in [1.29, 1.82) is 0 Å². The topological polar surface area (TPSA) is 32.6 Å². The summed E-state index contributed by atoms with van der Waals surface area (Å²) in [6.45, 7) is 8.90. The number of nitrogens with zero attached hydrogens (tertiary/aromatic N) is 1. The van der Waals surface area contributed by atoms with Gasteiger partial charge in [0.15, 0.2) is 0 Å². The summed E-state index contributed by atoms with van der Waals surface area (Å²) in [6.07, 6.45) is 3.67. The first-order chi connectivity index (χ1) is 6.10. The van der Waals surface area contributed by atoms with Crippen LogP contribution >= 0.6 is 0 Å². The summed E-state index contributed by atoms with van der Waals surface area (Å²) >= 11 is 0. The molecular formula is C11H23NOSm. The summed E-state index contributed by atoms with van der Waals surface area (Å²) in [4.78, 5) is 4.30. The Balaban J connectivity index is 0. The van der Waals surface area contributed by atoms with Crippen molar-refractivity contribution in [3.05, 3.63) is 0 Å². The molecule has 0 saturated carbocycles. The average molecular weight is 336 g/mol. The Kier molecular flexibility index (Phi) is 11.4. The summed E-state index contributed by atoms with van der Waals surface area (Å²) in [5.41, 5.74) is 0.262. The number of hydrogen-bond donors (Lipinski definition) is 1. The van der Waals surface area contributed by atoms with Crippen LogP contribution in [0.25, 0.3) is 0 Å². The molecule has 84 valence electrons. The summed E-state index contributed by atoms with van der Waals surface area (Å²) in [6, 6.07) is 0. The van der Waals surface area contributed by atoms with Gasteiger partial charge in [-0.3, -0.25) is 4.99 Å².